The predicted molar refractivity (Wildman–Crippen MR) is 125 cm³/mol. The van der Waals surface area contributed by atoms with Gasteiger partial charge < -0.3 is 9.52 Å². The molecule has 1 atom stereocenters. The average molecular weight is 492 g/mol. The molecule has 6 heteroatoms. The molecular weight excluding hydrogens is 470 g/mol. The average Bonchev–Trinajstić information content (AvgIpc) is 3.34. The van der Waals surface area contributed by atoms with Crippen molar-refractivity contribution in [1.29, 1.82) is 0 Å². The number of rotatable bonds is 3. The molecule has 1 fully saturated rings. The monoisotopic (exact) mass is 491 g/mol. The molecule has 1 aliphatic heterocycles. The molecule has 5 rings (SSSR count). The fourth-order valence-electron chi connectivity index (χ4n) is 4.61. The molecule has 1 amide bonds. The van der Waals surface area contributed by atoms with Gasteiger partial charge in [0.1, 0.15) is 23.3 Å². The highest BCUT2D eigenvalue weighted by molar-refractivity contribution is 9.10. The van der Waals surface area contributed by atoms with Gasteiger partial charge in [-0.25, -0.2) is 0 Å². The summed E-state index contributed by atoms with van der Waals surface area (Å²) in [6.45, 7) is 1.80. The molecule has 2 aromatic carbocycles. The fraction of sp³-hybridized carbons (Fsp3) is 0.231. The van der Waals surface area contributed by atoms with Gasteiger partial charge in [0, 0.05) is 15.7 Å². The molecule has 32 heavy (non-hydrogen) atoms. The van der Waals surface area contributed by atoms with E-state index < -0.39 is 17.7 Å². The van der Waals surface area contributed by atoms with E-state index >= 15 is 0 Å². The Bertz CT molecular complexity index is 1260. The molecule has 1 aliphatic carbocycles. The van der Waals surface area contributed by atoms with Crippen LogP contribution in [0, 0.1) is 6.92 Å². The van der Waals surface area contributed by atoms with E-state index in [0.717, 1.165) is 30.2 Å². The van der Waals surface area contributed by atoms with Crippen molar-refractivity contribution in [3.05, 3.63) is 92.9 Å². The van der Waals surface area contributed by atoms with Gasteiger partial charge in [-0.15, -0.1) is 0 Å². The number of aliphatic hydroxyl groups is 1. The van der Waals surface area contributed by atoms with Crippen LogP contribution >= 0.6 is 15.9 Å². The molecular formula is C26H22BrNO4. The first-order chi connectivity index (χ1) is 15.4. The largest absolute Gasteiger partial charge is 0.507 e. The van der Waals surface area contributed by atoms with Crippen molar-refractivity contribution in [2.75, 3.05) is 4.90 Å². The summed E-state index contributed by atoms with van der Waals surface area (Å²) in [6.07, 6.45) is 4.24. The summed E-state index contributed by atoms with van der Waals surface area (Å²) in [4.78, 5) is 27.7. The lowest BCUT2D eigenvalue weighted by Gasteiger charge is -2.23. The number of aryl methyl sites for hydroxylation is 3. The van der Waals surface area contributed by atoms with Crippen LogP contribution in [-0.4, -0.2) is 16.8 Å². The zero-order valence-electron chi connectivity index (χ0n) is 17.6. The van der Waals surface area contributed by atoms with Crippen LogP contribution in [0.15, 0.2) is 69.1 Å². The zero-order chi connectivity index (χ0) is 22.4. The first-order valence-electron chi connectivity index (χ1n) is 10.7. The third-order valence-electron chi connectivity index (χ3n) is 6.20. The predicted octanol–water partition coefficient (Wildman–Crippen LogP) is 5.86. The van der Waals surface area contributed by atoms with Crippen molar-refractivity contribution in [2.24, 2.45) is 0 Å². The molecule has 2 heterocycles. The Morgan fingerprint density at radius 3 is 2.41 bits per heavy atom. The molecule has 3 aromatic rings. The molecule has 0 saturated carbocycles. The number of benzene rings is 2. The molecule has 0 bridgehead atoms. The topological polar surface area (TPSA) is 70.8 Å². The number of furan rings is 1. The summed E-state index contributed by atoms with van der Waals surface area (Å²) in [7, 11) is 0. The Balaban J connectivity index is 1.68. The number of hydrogen-bond donors (Lipinski definition) is 1. The Morgan fingerprint density at radius 1 is 1.00 bits per heavy atom. The second-order valence-electron chi connectivity index (χ2n) is 8.28. The van der Waals surface area contributed by atoms with E-state index in [1.54, 1.807) is 31.2 Å². The number of nitrogens with zero attached hydrogens (tertiary/aromatic N) is 1. The first-order valence-corrected chi connectivity index (χ1v) is 11.5. The number of ketones is 1. The molecule has 1 unspecified atom stereocenters. The van der Waals surface area contributed by atoms with E-state index in [-0.39, 0.29) is 11.3 Å². The van der Waals surface area contributed by atoms with Crippen LogP contribution in [0.1, 0.15) is 47.1 Å². The van der Waals surface area contributed by atoms with E-state index in [2.05, 4.69) is 15.9 Å². The third kappa shape index (κ3) is 3.48. The second kappa shape index (κ2) is 8.10. The van der Waals surface area contributed by atoms with Crippen LogP contribution in [0.5, 0.6) is 0 Å². The van der Waals surface area contributed by atoms with Crippen molar-refractivity contribution in [3.8, 4) is 0 Å². The van der Waals surface area contributed by atoms with E-state index in [1.165, 1.54) is 16.0 Å². The van der Waals surface area contributed by atoms with Crippen molar-refractivity contribution < 1.29 is 19.1 Å². The molecule has 1 N–H and O–H groups in total. The SMILES string of the molecule is Cc1ccc(C2/C(=C(/O)c3ccc4c(c3)CCCC4)C(=O)C(=O)N2c2ccc(Br)cc2)o1. The minimum Gasteiger partial charge on any atom is -0.507 e. The quantitative estimate of drug-likeness (QED) is 0.283. The first kappa shape index (κ1) is 20.8. The summed E-state index contributed by atoms with van der Waals surface area (Å²) in [5.74, 6) is -0.484. The summed E-state index contributed by atoms with van der Waals surface area (Å²) in [6, 6.07) is 15.6. The smallest absolute Gasteiger partial charge is 0.300 e. The third-order valence-corrected chi connectivity index (χ3v) is 6.73. The Hall–Kier alpha value is -3.12. The van der Waals surface area contributed by atoms with E-state index in [9.17, 15) is 14.7 Å². The minimum absolute atomic E-state index is 0.0445. The van der Waals surface area contributed by atoms with Crippen LogP contribution in [-0.2, 0) is 22.4 Å². The number of Topliss-reactive ketones (excluding diaryl/α,β-unsaturated/α-hetero) is 1. The van der Waals surface area contributed by atoms with Crippen molar-refractivity contribution >= 4 is 39.1 Å². The van der Waals surface area contributed by atoms with Crippen LogP contribution in [0.3, 0.4) is 0 Å². The molecule has 1 saturated heterocycles. The highest BCUT2D eigenvalue weighted by Gasteiger charge is 2.48. The van der Waals surface area contributed by atoms with Crippen LogP contribution in [0.2, 0.25) is 0 Å². The number of fused-ring (bicyclic) bond motifs is 1. The standard InChI is InChI=1S/C26H22BrNO4/c1-15-6-13-21(32-15)23-22(24(29)18-8-7-16-4-2-3-5-17(16)14-18)25(30)26(31)28(23)20-11-9-19(27)10-12-20/h6-14,23,29H,2-5H2,1H3/b24-22-. The number of carbonyl (C=O) groups is 2. The molecule has 2 aliphatic rings. The van der Waals surface area contributed by atoms with Gasteiger partial charge in [-0.2, -0.15) is 0 Å². The van der Waals surface area contributed by atoms with Gasteiger partial charge in [0.15, 0.2) is 0 Å². The number of amides is 1. The van der Waals surface area contributed by atoms with E-state index in [1.807, 2.05) is 30.3 Å². The van der Waals surface area contributed by atoms with Gasteiger partial charge in [-0.1, -0.05) is 28.1 Å². The zero-order valence-corrected chi connectivity index (χ0v) is 19.2. The second-order valence-corrected chi connectivity index (χ2v) is 9.20. The lowest BCUT2D eigenvalue weighted by Crippen LogP contribution is -2.29. The number of carbonyl (C=O) groups excluding carboxylic acids is 2. The molecule has 0 spiro atoms. The van der Waals surface area contributed by atoms with Gasteiger partial charge in [0.2, 0.25) is 0 Å². The molecule has 5 nitrogen and oxygen atoms in total. The minimum atomic E-state index is -0.846. The van der Waals surface area contributed by atoms with Crippen molar-refractivity contribution in [1.82, 2.24) is 0 Å². The maximum absolute atomic E-state index is 13.2. The number of anilines is 1. The summed E-state index contributed by atoms with van der Waals surface area (Å²) in [5, 5.41) is 11.3. The Labute approximate surface area is 194 Å². The number of hydrogen-bond acceptors (Lipinski definition) is 4. The van der Waals surface area contributed by atoms with Crippen molar-refractivity contribution in [3.63, 3.8) is 0 Å². The van der Waals surface area contributed by atoms with E-state index in [4.69, 9.17) is 4.42 Å². The van der Waals surface area contributed by atoms with Gasteiger partial charge in [-0.05, 0) is 86.2 Å². The maximum atomic E-state index is 13.2. The maximum Gasteiger partial charge on any atom is 0.300 e. The normalized spacial score (nSPS) is 19.9. The van der Waals surface area contributed by atoms with Crippen LogP contribution in [0.4, 0.5) is 5.69 Å². The van der Waals surface area contributed by atoms with Crippen LogP contribution in [0.25, 0.3) is 5.76 Å². The summed E-state index contributed by atoms with van der Waals surface area (Å²) < 4.78 is 6.70. The molecule has 162 valence electrons. The number of halogens is 1. The summed E-state index contributed by atoms with van der Waals surface area (Å²) >= 11 is 3.40. The molecule has 0 radical (unpaired) electrons. The molecule has 1 aromatic heterocycles. The van der Waals surface area contributed by atoms with Gasteiger partial charge in [-0.3, -0.25) is 14.5 Å². The van der Waals surface area contributed by atoms with Gasteiger partial charge in [0.25, 0.3) is 11.7 Å². The lowest BCUT2D eigenvalue weighted by atomic mass is 9.89. The van der Waals surface area contributed by atoms with Crippen molar-refractivity contribution in [2.45, 2.75) is 38.6 Å². The van der Waals surface area contributed by atoms with Gasteiger partial charge >= 0.3 is 0 Å². The highest BCUT2D eigenvalue weighted by atomic mass is 79.9. The number of aliphatic hydroxyl groups excluding tert-OH is 1. The fourth-order valence-corrected chi connectivity index (χ4v) is 4.87. The van der Waals surface area contributed by atoms with Crippen LogP contribution < -0.4 is 4.90 Å². The lowest BCUT2D eigenvalue weighted by molar-refractivity contribution is -0.132. The Kier molecular flexibility index (Phi) is 5.25. The highest BCUT2D eigenvalue weighted by Crippen LogP contribution is 2.43. The van der Waals surface area contributed by atoms with E-state index in [0.29, 0.717) is 22.8 Å². The summed E-state index contributed by atoms with van der Waals surface area (Å²) in [5.41, 5.74) is 3.61. The van der Waals surface area contributed by atoms with Gasteiger partial charge in [0.05, 0.1) is 5.57 Å². The Morgan fingerprint density at radius 2 is 1.72 bits per heavy atom.